The molecule has 1 aliphatic heterocycles. The van der Waals surface area contributed by atoms with Crippen molar-refractivity contribution in [2.24, 2.45) is 0 Å². The Labute approximate surface area is 170 Å². The van der Waals surface area contributed by atoms with Crippen molar-refractivity contribution in [2.45, 2.75) is 32.4 Å². The summed E-state index contributed by atoms with van der Waals surface area (Å²) in [6.45, 7) is 3.62. The molecule has 0 unspecified atom stereocenters. The number of amides is 1. The second-order valence-corrected chi connectivity index (χ2v) is 7.59. The Balaban J connectivity index is 1.68. The lowest BCUT2D eigenvalue weighted by molar-refractivity contribution is -0.135. The van der Waals surface area contributed by atoms with Crippen LogP contribution in [-0.4, -0.2) is 36.7 Å². The summed E-state index contributed by atoms with van der Waals surface area (Å²) in [7, 11) is 0. The van der Waals surface area contributed by atoms with E-state index in [9.17, 15) is 4.79 Å². The maximum atomic E-state index is 12.8. The van der Waals surface area contributed by atoms with Gasteiger partial charge in [0.2, 0.25) is 0 Å². The van der Waals surface area contributed by atoms with Gasteiger partial charge in [-0.3, -0.25) is 4.79 Å². The van der Waals surface area contributed by atoms with Gasteiger partial charge in [-0.2, -0.15) is 0 Å². The number of nitrogens with zero attached hydrogens (tertiary/aromatic N) is 1. The molecule has 1 atom stereocenters. The van der Waals surface area contributed by atoms with Gasteiger partial charge < -0.3 is 14.4 Å². The van der Waals surface area contributed by atoms with Gasteiger partial charge in [0.25, 0.3) is 5.91 Å². The summed E-state index contributed by atoms with van der Waals surface area (Å²) >= 11 is 12.3. The van der Waals surface area contributed by atoms with E-state index in [2.05, 4.69) is 0 Å². The average Bonchev–Trinajstić information content (AvgIpc) is 3.14. The highest BCUT2D eigenvalue weighted by Gasteiger charge is 2.23. The zero-order valence-electron chi connectivity index (χ0n) is 15.3. The van der Waals surface area contributed by atoms with Crippen molar-refractivity contribution in [3.63, 3.8) is 0 Å². The summed E-state index contributed by atoms with van der Waals surface area (Å²) in [4.78, 5) is 14.6. The molecule has 0 saturated carbocycles. The maximum absolute atomic E-state index is 12.8. The van der Waals surface area contributed by atoms with Crippen molar-refractivity contribution >= 4 is 29.1 Å². The fourth-order valence-electron chi connectivity index (χ4n) is 3.09. The molecular formula is C21H23Cl2NO3. The van der Waals surface area contributed by atoms with Crippen molar-refractivity contribution in [1.82, 2.24) is 4.90 Å². The molecule has 0 aliphatic carbocycles. The van der Waals surface area contributed by atoms with E-state index in [0.717, 1.165) is 30.6 Å². The number of halogens is 2. The van der Waals surface area contributed by atoms with Crippen LogP contribution in [0.25, 0.3) is 0 Å². The molecular weight excluding hydrogens is 385 g/mol. The van der Waals surface area contributed by atoms with E-state index in [-0.39, 0.29) is 18.6 Å². The predicted molar refractivity (Wildman–Crippen MR) is 108 cm³/mol. The van der Waals surface area contributed by atoms with E-state index < -0.39 is 0 Å². The molecule has 0 aromatic heterocycles. The molecule has 1 aliphatic rings. The Hall–Kier alpha value is -1.75. The largest absolute Gasteiger partial charge is 0.484 e. The third-order valence-corrected chi connectivity index (χ3v) is 5.12. The fourth-order valence-corrected chi connectivity index (χ4v) is 3.55. The zero-order valence-corrected chi connectivity index (χ0v) is 16.8. The molecule has 0 spiro atoms. The second-order valence-electron chi connectivity index (χ2n) is 6.75. The number of carbonyl (C=O) groups excluding carboxylic acids is 1. The molecule has 0 N–H and O–H groups in total. The molecule has 1 saturated heterocycles. The van der Waals surface area contributed by atoms with Gasteiger partial charge in [-0.25, -0.2) is 0 Å². The van der Waals surface area contributed by atoms with Crippen LogP contribution in [0.4, 0.5) is 0 Å². The van der Waals surface area contributed by atoms with Crippen LogP contribution in [0.5, 0.6) is 5.75 Å². The number of ether oxygens (including phenoxy) is 2. The minimum absolute atomic E-state index is 0.0264. The Morgan fingerprint density at radius 2 is 2.11 bits per heavy atom. The van der Waals surface area contributed by atoms with Gasteiger partial charge in [-0.1, -0.05) is 41.4 Å². The highest BCUT2D eigenvalue weighted by molar-refractivity contribution is 6.35. The van der Waals surface area contributed by atoms with Crippen LogP contribution < -0.4 is 4.74 Å². The van der Waals surface area contributed by atoms with Crippen LogP contribution in [0.1, 0.15) is 24.0 Å². The molecule has 144 valence electrons. The van der Waals surface area contributed by atoms with Crippen molar-refractivity contribution in [3.8, 4) is 5.75 Å². The lowest BCUT2D eigenvalue weighted by atomic mass is 10.1. The molecule has 0 bridgehead atoms. The molecule has 3 rings (SSSR count). The normalized spacial score (nSPS) is 16.3. The lowest BCUT2D eigenvalue weighted by Crippen LogP contribution is -2.39. The first-order valence-electron chi connectivity index (χ1n) is 9.04. The van der Waals surface area contributed by atoms with Gasteiger partial charge >= 0.3 is 0 Å². The zero-order chi connectivity index (χ0) is 19.2. The van der Waals surface area contributed by atoms with Crippen molar-refractivity contribution in [3.05, 3.63) is 63.6 Å². The SMILES string of the molecule is Cc1cccc(OCC(=O)N(Cc2ccc(Cl)cc2Cl)C[C@H]2CCCO2)c1. The van der Waals surface area contributed by atoms with Crippen LogP contribution in [0, 0.1) is 6.92 Å². The first-order valence-corrected chi connectivity index (χ1v) is 9.79. The summed E-state index contributed by atoms with van der Waals surface area (Å²) in [5, 5.41) is 1.12. The molecule has 27 heavy (non-hydrogen) atoms. The molecule has 6 heteroatoms. The Bertz CT molecular complexity index is 791. The van der Waals surface area contributed by atoms with Crippen LogP contribution >= 0.6 is 23.2 Å². The molecule has 1 amide bonds. The highest BCUT2D eigenvalue weighted by atomic mass is 35.5. The summed E-state index contributed by atoms with van der Waals surface area (Å²) in [6, 6.07) is 13.0. The number of hydrogen-bond acceptors (Lipinski definition) is 3. The van der Waals surface area contributed by atoms with Gasteiger partial charge in [0.15, 0.2) is 6.61 Å². The summed E-state index contributed by atoms with van der Waals surface area (Å²) < 4.78 is 11.4. The highest BCUT2D eigenvalue weighted by Crippen LogP contribution is 2.23. The topological polar surface area (TPSA) is 38.8 Å². The van der Waals surface area contributed by atoms with E-state index in [1.807, 2.05) is 37.3 Å². The molecule has 4 nitrogen and oxygen atoms in total. The minimum atomic E-state index is -0.0991. The quantitative estimate of drug-likeness (QED) is 0.655. The van der Waals surface area contributed by atoms with E-state index in [4.69, 9.17) is 32.7 Å². The first kappa shape index (κ1) is 20.0. The van der Waals surface area contributed by atoms with Gasteiger partial charge in [-0.05, 0) is 55.2 Å². The third-order valence-electron chi connectivity index (χ3n) is 4.53. The number of hydrogen-bond donors (Lipinski definition) is 0. The molecule has 1 heterocycles. The Kier molecular flexibility index (Phi) is 7.00. The summed E-state index contributed by atoms with van der Waals surface area (Å²) in [5.74, 6) is 0.586. The summed E-state index contributed by atoms with van der Waals surface area (Å²) in [5.41, 5.74) is 1.94. The average molecular weight is 408 g/mol. The molecule has 1 fully saturated rings. The van der Waals surface area contributed by atoms with E-state index in [1.54, 1.807) is 17.0 Å². The van der Waals surface area contributed by atoms with Gasteiger partial charge in [0, 0.05) is 29.7 Å². The first-order chi connectivity index (χ1) is 13.0. The third kappa shape index (κ3) is 5.86. The van der Waals surface area contributed by atoms with Crippen LogP contribution in [0.2, 0.25) is 10.0 Å². The maximum Gasteiger partial charge on any atom is 0.260 e. The number of carbonyl (C=O) groups is 1. The van der Waals surface area contributed by atoms with Gasteiger partial charge in [0.1, 0.15) is 5.75 Å². The number of aryl methyl sites for hydroxylation is 1. The van der Waals surface area contributed by atoms with E-state index >= 15 is 0 Å². The number of rotatable bonds is 7. The monoisotopic (exact) mass is 407 g/mol. The molecule has 2 aromatic carbocycles. The van der Waals surface area contributed by atoms with Crippen LogP contribution in [-0.2, 0) is 16.1 Å². The molecule has 0 radical (unpaired) electrons. The van der Waals surface area contributed by atoms with Crippen LogP contribution in [0.15, 0.2) is 42.5 Å². The lowest BCUT2D eigenvalue weighted by Gasteiger charge is -2.26. The fraction of sp³-hybridized carbons (Fsp3) is 0.381. The van der Waals surface area contributed by atoms with E-state index in [0.29, 0.717) is 28.9 Å². The van der Waals surface area contributed by atoms with Gasteiger partial charge in [-0.15, -0.1) is 0 Å². The number of benzene rings is 2. The minimum Gasteiger partial charge on any atom is -0.484 e. The second kappa shape index (κ2) is 9.45. The van der Waals surface area contributed by atoms with Crippen molar-refractivity contribution in [2.75, 3.05) is 19.8 Å². The standard InChI is InChI=1S/C21H23Cl2NO3/c1-15-4-2-5-18(10-15)27-14-21(25)24(13-19-6-3-9-26-19)12-16-7-8-17(22)11-20(16)23/h2,4-5,7-8,10-11,19H,3,6,9,12-14H2,1H3/t19-/m1/s1. The smallest absolute Gasteiger partial charge is 0.260 e. The Morgan fingerprint density at radius 3 is 2.81 bits per heavy atom. The van der Waals surface area contributed by atoms with Crippen LogP contribution in [0.3, 0.4) is 0 Å². The predicted octanol–water partition coefficient (Wildman–Crippen LogP) is 4.89. The van der Waals surface area contributed by atoms with E-state index in [1.165, 1.54) is 0 Å². The summed E-state index contributed by atoms with van der Waals surface area (Å²) in [6.07, 6.45) is 2.03. The van der Waals surface area contributed by atoms with Crippen molar-refractivity contribution < 1.29 is 14.3 Å². The Morgan fingerprint density at radius 1 is 1.26 bits per heavy atom. The molecule has 2 aromatic rings. The van der Waals surface area contributed by atoms with Gasteiger partial charge in [0.05, 0.1) is 6.10 Å². The van der Waals surface area contributed by atoms with Crippen molar-refractivity contribution in [1.29, 1.82) is 0 Å².